The van der Waals surface area contributed by atoms with Gasteiger partial charge in [-0.25, -0.2) is 4.98 Å². The maximum Gasteiger partial charge on any atom is 0.171 e. The monoisotopic (exact) mass is 298 g/mol. The molecule has 0 spiro atoms. The van der Waals surface area contributed by atoms with E-state index in [0.717, 1.165) is 32.5 Å². The van der Waals surface area contributed by atoms with E-state index in [4.69, 9.17) is 27.3 Å². The lowest BCUT2D eigenvalue weighted by Gasteiger charge is -2.26. The standard InChI is InChI=1S/C13H19ClN4O2/c1-2-18(8-9-4-3-7-20-9)13-11(14)10(5-6-16-13)12(15)17-19/h5-6,9,19H,2-4,7-8H2,1H3,(H2,15,17). The summed E-state index contributed by atoms with van der Waals surface area (Å²) in [4.78, 5) is 6.36. The van der Waals surface area contributed by atoms with Crippen LogP contribution in [-0.2, 0) is 4.74 Å². The van der Waals surface area contributed by atoms with Crippen molar-refractivity contribution < 1.29 is 9.94 Å². The molecule has 1 saturated heterocycles. The summed E-state index contributed by atoms with van der Waals surface area (Å²) in [5, 5.41) is 12.2. The molecule has 110 valence electrons. The Bertz CT molecular complexity index is 489. The summed E-state index contributed by atoms with van der Waals surface area (Å²) in [5.74, 6) is 0.612. The Hall–Kier alpha value is -1.53. The summed E-state index contributed by atoms with van der Waals surface area (Å²) in [6.45, 7) is 4.34. The number of hydrogen-bond acceptors (Lipinski definition) is 5. The Morgan fingerprint density at radius 3 is 3.10 bits per heavy atom. The minimum Gasteiger partial charge on any atom is -0.409 e. The predicted octanol–water partition coefficient (Wildman–Crippen LogP) is 1.83. The average Bonchev–Trinajstić information content (AvgIpc) is 2.97. The molecular formula is C13H19ClN4O2. The van der Waals surface area contributed by atoms with E-state index in [-0.39, 0.29) is 11.9 Å². The minimum absolute atomic E-state index is 0.0215. The van der Waals surface area contributed by atoms with Crippen LogP contribution in [0.15, 0.2) is 17.4 Å². The summed E-state index contributed by atoms with van der Waals surface area (Å²) in [7, 11) is 0. The lowest BCUT2D eigenvalue weighted by Crippen LogP contribution is -2.33. The van der Waals surface area contributed by atoms with Crippen molar-refractivity contribution in [2.24, 2.45) is 10.9 Å². The molecule has 1 unspecified atom stereocenters. The zero-order chi connectivity index (χ0) is 14.5. The molecule has 0 saturated carbocycles. The molecule has 1 aliphatic rings. The fourth-order valence-electron chi connectivity index (χ4n) is 2.30. The summed E-state index contributed by atoms with van der Waals surface area (Å²) >= 11 is 6.32. The first-order valence-corrected chi connectivity index (χ1v) is 7.04. The van der Waals surface area contributed by atoms with Crippen LogP contribution in [0.2, 0.25) is 5.02 Å². The van der Waals surface area contributed by atoms with Crippen molar-refractivity contribution >= 4 is 23.3 Å². The molecule has 2 rings (SSSR count). The third-order valence-electron chi connectivity index (χ3n) is 3.38. The number of amidine groups is 1. The number of aromatic nitrogens is 1. The van der Waals surface area contributed by atoms with E-state index in [9.17, 15) is 0 Å². The number of oxime groups is 1. The van der Waals surface area contributed by atoms with Crippen LogP contribution in [0.4, 0.5) is 5.82 Å². The Kier molecular flexibility index (Phi) is 5.03. The molecule has 0 aromatic carbocycles. The lowest BCUT2D eigenvalue weighted by molar-refractivity contribution is 0.115. The smallest absolute Gasteiger partial charge is 0.171 e. The van der Waals surface area contributed by atoms with Gasteiger partial charge in [-0.05, 0) is 25.8 Å². The second-order valence-electron chi connectivity index (χ2n) is 4.66. The lowest BCUT2D eigenvalue weighted by atomic mass is 10.2. The Labute approximate surface area is 123 Å². The Balaban J connectivity index is 2.24. The summed E-state index contributed by atoms with van der Waals surface area (Å²) in [6.07, 6.45) is 3.95. The molecule has 1 aliphatic heterocycles. The second kappa shape index (κ2) is 6.76. The fraction of sp³-hybridized carbons (Fsp3) is 0.538. The van der Waals surface area contributed by atoms with Crippen molar-refractivity contribution in [3.05, 3.63) is 22.8 Å². The van der Waals surface area contributed by atoms with Crippen molar-refractivity contribution in [3.63, 3.8) is 0 Å². The number of rotatable bonds is 5. The molecular weight excluding hydrogens is 280 g/mol. The fourth-order valence-corrected chi connectivity index (χ4v) is 2.63. The molecule has 1 aromatic heterocycles. The van der Waals surface area contributed by atoms with Crippen LogP contribution in [0.3, 0.4) is 0 Å². The molecule has 1 atom stereocenters. The van der Waals surface area contributed by atoms with Gasteiger partial charge in [-0.3, -0.25) is 0 Å². The first kappa shape index (κ1) is 14.9. The van der Waals surface area contributed by atoms with E-state index in [1.54, 1.807) is 12.3 Å². The Morgan fingerprint density at radius 2 is 2.50 bits per heavy atom. The van der Waals surface area contributed by atoms with Crippen LogP contribution in [0, 0.1) is 0 Å². The van der Waals surface area contributed by atoms with Crippen molar-refractivity contribution in [1.29, 1.82) is 0 Å². The molecule has 1 fully saturated rings. The van der Waals surface area contributed by atoms with Gasteiger partial charge in [0.1, 0.15) is 5.82 Å². The number of halogens is 1. The average molecular weight is 299 g/mol. The quantitative estimate of drug-likeness (QED) is 0.375. The molecule has 6 nitrogen and oxygen atoms in total. The SMILES string of the molecule is CCN(CC1CCCO1)c1nccc(/C(N)=N/O)c1Cl. The van der Waals surface area contributed by atoms with Gasteiger partial charge in [0.15, 0.2) is 5.84 Å². The van der Waals surface area contributed by atoms with E-state index in [2.05, 4.69) is 10.1 Å². The van der Waals surface area contributed by atoms with Gasteiger partial charge in [0.05, 0.1) is 11.1 Å². The van der Waals surface area contributed by atoms with Crippen molar-refractivity contribution in [1.82, 2.24) is 4.98 Å². The molecule has 7 heteroatoms. The Morgan fingerprint density at radius 1 is 1.70 bits per heavy atom. The van der Waals surface area contributed by atoms with Crippen LogP contribution in [0.5, 0.6) is 0 Å². The van der Waals surface area contributed by atoms with Crippen molar-refractivity contribution in [2.45, 2.75) is 25.9 Å². The van der Waals surface area contributed by atoms with Gasteiger partial charge in [0, 0.05) is 31.5 Å². The topological polar surface area (TPSA) is 84.0 Å². The molecule has 0 aliphatic carbocycles. The third kappa shape index (κ3) is 3.13. The largest absolute Gasteiger partial charge is 0.409 e. The van der Waals surface area contributed by atoms with E-state index in [1.165, 1.54) is 0 Å². The van der Waals surface area contributed by atoms with E-state index >= 15 is 0 Å². The number of likely N-dealkylation sites (N-methyl/N-ethyl adjacent to an activating group) is 1. The molecule has 20 heavy (non-hydrogen) atoms. The summed E-state index contributed by atoms with van der Waals surface area (Å²) in [5.41, 5.74) is 6.09. The summed E-state index contributed by atoms with van der Waals surface area (Å²) < 4.78 is 5.64. The number of nitrogens with two attached hydrogens (primary N) is 1. The first-order chi connectivity index (χ1) is 9.67. The van der Waals surface area contributed by atoms with Gasteiger partial charge in [-0.15, -0.1) is 0 Å². The third-order valence-corrected chi connectivity index (χ3v) is 3.76. The maximum atomic E-state index is 8.78. The van der Waals surface area contributed by atoms with Crippen molar-refractivity contribution in [2.75, 3.05) is 24.6 Å². The van der Waals surface area contributed by atoms with Crippen LogP contribution >= 0.6 is 11.6 Å². The maximum absolute atomic E-state index is 8.78. The molecule has 0 radical (unpaired) electrons. The zero-order valence-corrected chi connectivity index (χ0v) is 12.2. The van der Waals surface area contributed by atoms with Crippen LogP contribution in [-0.4, -0.2) is 41.8 Å². The zero-order valence-electron chi connectivity index (χ0n) is 11.4. The molecule has 0 bridgehead atoms. The van der Waals surface area contributed by atoms with Gasteiger partial charge in [0.25, 0.3) is 0 Å². The number of nitrogens with zero attached hydrogens (tertiary/aromatic N) is 3. The molecule has 1 aromatic rings. The van der Waals surface area contributed by atoms with Gasteiger partial charge in [-0.1, -0.05) is 16.8 Å². The second-order valence-corrected chi connectivity index (χ2v) is 5.03. The normalized spacial score (nSPS) is 19.3. The molecule has 3 N–H and O–H groups in total. The molecule has 0 amide bonds. The number of pyridine rings is 1. The highest BCUT2D eigenvalue weighted by Crippen LogP contribution is 2.28. The van der Waals surface area contributed by atoms with Crippen LogP contribution < -0.4 is 10.6 Å². The minimum atomic E-state index is -0.0215. The van der Waals surface area contributed by atoms with Crippen LogP contribution in [0.25, 0.3) is 0 Å². The van der Waals surface area contributed by atoms with Crippen molar-refractivity contribution in [3.8, 4) is 0 Å². The predicted molar refractivity (Wildman–Crippen MR) is 78.6 cm³/mol. The first-order valence-electron chi connectivity index (χ1n) is 6.66. The number of anilines is 1. The highest BCUT2D eigenvalue weighted by molar-refractivity contribution is 6.36. The van der Waals surface area contributed by atoms with Crippen LogP contribution in [0.1, 0.15) is 25.3 Å². The highest BCUT2D eigenvalue weighted by Gasteiger charge is 2.22. The number of hydrogen-bond donors (Lipinski definition) is 2. The van der Waals surface area contributed by atoms with Gasteiger partial charge in [0.2, 0.25) is 0 Å². The van der Waals surface area contributed by atoms with Gasteiger partial charge in [-0.2, -0.15) is 0 Å². The van der Waals surface area contributed by atoms with E-state index in [1.807, 2.05) is 11.8 Å². The van der Waals surface area contributed by atoms with E-state index in [0.29, 0.717) is 16.4 Å². The molecule has 2 heterocycles. The van der Waals surface area contributed by atoms with Gasteiger partial charge >= 0.3 is 0 Å². The number of ether oxygens (including phenoxy) is 1. The summed E-state index contributed by atoms with van der Waals surface area (Å²) in [6, 6.07) is 1.63. The van der Waals surface area contributed by atoms with E-state index < -0.39 is 0 Å². The highest BCUT2D eigenvalue weighted by atomic mass is 35.5. The van der Waals surface area contributed by atoms with Gasteiger partial charge < -0.3 is 20.6 Å².